The van der Waals surface area contributed by atoms with Gasteiger partial charge in [0, 0.05) is 6.42 Å². The largest absolute Gasteiger partial charge is 0.493 e. The number of methoxy groups -OCH3 is 1. The third-order valence-corrected chi connectivity index (χ3v) is 3.04. The van der Waals surface area contributed by atoms with E-state index < -0.39 is 0 Å². The molecular weight excluding hydrogens is 216 g/mol. The van der Waals surface area contributed by atoms with Gasteiger partial charge in [0.15, 0.2) is 11.5 Å². The molecule has 0 saturated carbocycles. The third kappa shape index (κ3) is 2.91. The van der Waals surface area contributed by atoms with E-state index in [0.717, 1.165) is 24.5 Å². The van der Waals surface area contributed by atoms with Crippen molar-refractivity contribution in [2.45, 2.75) is 32.3 Å². The van der Waals surface area contributed by atoms with Crippen molar-refractivity contribution in [1.29, 1.82) is 0 Å². The number of rotatable bonds is 4. The fourth-order valence-electron chi connectivity index (χ4n) is 1.93. The topological polar surface area (TPSA) is 27.7 Å². The molecule has 94 valence electrons. The van der Waals surface area contributed by atoms with Crippen LogP contribution >= 0.6 is 0 Å². The molecule has 1 aliphatic rings. The summed E-state index contributed by atoms with van der Waals surface area (Å²) in [5.41, 5.74) is 1.26. The van der Waals surface area contributed by atoms with Crippen molar-refractivity contribution in [1.82, 2.24) is 0 Å². The fraction of sp³-hybridized carbons (Fsp3) is 0.571. The lowest BCUT2D eigenvalue weighted by molar-refractivity contribution is 0.138. The second-order valence-corrected chi connectivity index (χ2v) is 4.67. The smallest absolute Gasteiger partial charge is 0.161 e. The molecule has 0 aromatic heterocycles. The van der Waals surface area contributed by atoms with Gasteiger partial charge in [-0.2, -0.15) is 0 Å². The van der Waals surface area contributed by atoms with Crippen LogP contribution in [0, 0.1) is 0 Å². The summed E-state index contributed by atoms with van der Waals surface area (Å²) in [6.07, 6.45) is 1.11. The summed E-state index contributed by atoms with van der Waals surface area (Å²) < 4.78 is 16.6. The van der Waals surface area contributed by atoms with E-state index >= 15 is 0 Å². The zero-order valence-corrected chi connectivity index (χ0v) is 10.7. The zero-order chi connectivity index (χ0) is 12.3. The molecule has 2 rings (SSSR count). The van der Waals surface area contributed by atoms with Gasteiger partial charge in [0.05, 0.1) is 20.3 Å². The van der Waals surface area contributed by atoms with Gasteiger partial charge in [-0.3, -0.25) is 0 Å². The first kappa shape index (κ1) is 12.2. The van der Waals surface area contributed by atoms with Crippen LogP contribution in [-0.4, -0.2) is 26.4 Å². The first-order chi connectivity index (χ1) is 8.20. The molecule has 1 saturated heterocycles. The Hall–Kier alpha value is -1.22. The van der Waals surface area contributed by atoms with E-state index in [4.69, 9.17) is 14.2 Å². The zero-order valence-electron chi connectivity index (χ0n) is 10.7. The molecule has 0 N–H and O–H groups in total. The summed E-state index contributed by atoms with van der Waals surface area (Å²) in [6, 6.07) is 6.14. The maximum absolute atomic E-state index is 5.88. The molecule has 0 bridgehead atoms. The first-order valence-corrected chi connectivity index (χ1v) is 6.13. The molecule has 3 heteroatoms. The van der Waals surface area contributed by atoms with Crippen LogP contribution in [-0.2, 0) is 4.74 Å². The molecule has 1 heterocycles. The Morgan fingerprint density at radius 2 is 2.12 bits per heavy atom. The lowest BCUT2D eigenvalue weighted by Gasteiger charge is -2.16. The molecule has 3 nitrogen and oxygen atoms in total. The molecule has 1 fully saturated rings. The Morgan fingerprint density at radius 3 is 2.71 bits per heavy atom. The van der Waals surface area contributed by atoms with Gasteiger partial charge < -0.3 is 14.2 Å². The highest BCUT2D eigenvalue weighted by Gasteiger charge is 2.19. The van der Waals surface area contributed by atoms with E-state index in [1.165, 1.54) is 5.56 Å². The Kier molecular flexibility index (Phi) is 3.89. The van der Waals surface area contributed by atoms with Gasteiger partial charge in [-0.15, -0.1) is 0 Å². The molecule has 0 spiro atoms. The lowest BCUT2D eigenvalue weighted by Crippen LogP contribution is -2.16. The van der Waals surface area contributed by atoms with Gasteiger partial charge in [-0.05, 0) is 23.6 Å². The predicted molar refractivity (Wildman–Crippen MR) is 66.9 cm³/mol. The van der Waals surface area contributed by atoms with Crippen LogP contribution in [0.5, 0.6) is 11.5 Å². The molecule has 17 heavy (non-hydrogen) atoms. The molecule has 1 aliphatic heterocycles. The minimum absolute atomic E-state index is 0.161. The summed E-state index contributed by atoms with van der Waals surface area (Å²) in [5.74, 6) is 2.11. The number of ether oxygens (including phenoxy) is 3. The van der Waals surface area contributed by atoms with E-state index in [-0.39, 0.29) is 6.10 Å². The second-order valence-electron chi connectivity index (χ2n) is 4.67. The molecule has 0 unspecified atom stereocenters. The van der Waals surface area contributed by atoms with Crippen LogP contribution in [0.1, 0.15) is 31.7 Å². The average Bonchev–Trinajstić information content (AvgIpc) is 2.82. The van der Waals surface area contributed by atoms with Crippen LogP contribution in [0.2, 0.25) is 0 Å². The molecule has 1 aromatic rings. The second kappa shape index (κ2) is 5.41. The van der Waals surface area contributed by atoms with Crippen LogP contribution in [0.4, 0.5) is 0 Å². The number of hydrogen-bond donors (Lipinski definition) is 0. The molecule has 1 atom stereocenters. The molecule has 1 aromatic carbocycles. The maximum Gasteiger partial charge on any atom is 0.161 e. The highest BCUT2D eigenvalue weighted by atomic mass is 16.6. The van der Waals surface area contributed by atoms with Gasteiger partial charge in [0.1, 0.15) is 6.10 Å². The predicted octanol–water partition coefficient (Wildman–Crippen LogP) is 2.99. The van der Waals surface area contributed by atoms with Gasteiger partial charge in [-0.25, -0.2) is 0 Å². The van der Waals surface area contributed by atoms with E-state index in [1.807, 2.05) is 6.07 Å². The summed E-state index contributed by atoms with van der Waals surface area (Å²) in [6.45, 7) is 5.80. The molecule has 0 aliphatic carbocycles. The summed E-state index contributed by atoms with van der Waals surface area (Å²) >= 11 is 0. The van der Waals surface area contributed by atoms with Gasteiger partial charge in [0.2, 0.25) is 0 Å². The van der Waals surface area contributed by atoms with Gasteiger partial charge >= 0.3 is 0 Å². The van der Waals surface area contributed by atoms with E-state index in [0.29, 0.717) is 12.5 Å². The Labute approximate surface area is 103 Å². The van der Waals surface area contributed by atoms with Crippen molar-refractivity contribution in [2.75, 3.05) is 20.3 Å². The van der Waals surface area contributed by atoms with Crippen LogP contribution in [0.15, 0.2) is 18.2 Å². The summed E-state index contributed by atoms with van der Waals surface area (Å²) in [4.78, 5) is 0. The molecule has 0 amide bonds. The Bertz CT molecular complexity index is 368. The third-order valence-electron chi connectivity index (χ3n) is 3.04. The normalized spacial score (nSPS) is 19.6. The molecule has 0 radical (unpaired) electrons. The van der Waals surface area contributed by atoms with Crippen molar-refractivity contribution in [3.05, 3.63) is 23.8 Å². The van der Waals surface area contributed by atoms with Crippen molar-refractivity contribution in [3.63, 3.8) is 0 Å². The lowest BCUT2D eigenvalue weighted by atomic mass is 10.0. The van der Waals surface area contributed by atoms with E-state index in [1.54, 1.807) is 7.11 Å². The fourth-order valence-corrected chi connectivity index (χ4v) is 1.93. The standard InChI is InChI=1S/C14H20O3/c1-10(2)11-4-5-13(14(8-11)15-3)17-12-6-7-16-9-12/h4-5,8,10,12H,6-7,9H2,1-3H3/t12-/m1/s1. The summed E-state index contributed by atoms with van der Waals surface area (Å²) in [7, 11) is 1.68. The van der Waals surface area contributed by atoms with Crippen LogP contribution in [0.3, 0.4) is 0 Å². The SMILES string of the molecule is COc1cc(C(C)C)ccc1O[C@@H]1CCOC1. The quantitative estimate of drug-likeness (QED) is 0.804. The molecular formula is C14H20O3. The average molecular weight is 236 g/mol. The van der Waals surface area contributed by atoms with Crippen LogP contribution in [0.25, 0.3) is 0 Å². The van der Waals surface area contributed by atoms with Crippen molar-refractivity contribution < 1.29 is 14.2 Å². The van der Waals surface area contributed by atoms with Gasteiger partial charge in [-0.1, -0.05) is 19.9 Å². The van der Waals surface area contributed by atoms with Crippen molar-refractivity contribution >= 4 is 0 Å². The van der Waals surface area contributed by atoms with Crippen LogP contribution < -0.4 is 9.47 Å². The van der Waals surface area contributed by atoms with Crippen molar-refractivity contribution in [3.8, 4) is 11.5 Å². The highest BCUT2D eigenvalue weighted by Crippen LogP contribution is 2.32. The van der Waals surface area contributed by atoms with E-state index in [2.05, 4.69) is 26.0 Å². The summed E-state index contributed by atoms with van der Waals surface area (Å²) in [5, 5.41) is 0. The Balaban J connectivity index is 2.15. The van der Waals surface area contributed by atoms with Crippen molar-refractivity contribution in [2.24, 2.45) is 0 Å². The van der Waals surface area contributed by atoms with Gasteiger partial charge in [0.25, 0.3) is 0 Å². The minimum atomic E-state index is 0.161. The number of benzene rings is 1. The van der Waals surface area contributed by atoms with E-state index in [9.17, 15) is 0 Å². The Morgan fingerprint density at radius 1 is 1.29 bits per heavy atom. The number of hydrogen-bond acceptors (Lipinski definition) is 3. The first-order valence-electron chi connectivity index (χ1n) is 6.13. The maximum atomic E-state index is 5.88. The monoisotopic (exact) mass is 236 g/mol. The highest BCUT2D eigenvalue weighted by molar-refractivity contribution is 5.43. The minimum Gasteiger partial charge on any atom is -0.493 e.